The van der Waals surface area contributed by atoms with Gasteiger partial charge < -0.3 is 9.84 Å². The van der Waals surface area contributed by atoms with Gasteiger partial charge in [-0.2, -0.15) is 0 Å². The van der Waals surface area contributed by atoms with Crippen molar-refractivity contribution in [2.24, 2.45) is 5.92 Å². The number of nitrogens with zero attached hydrogens (tertiary/aromatic N) is 1. The van der Waals surface area contributed by atoms with Crippen LogP contribution in [0.2, 0.25) is 0 Å². The lowest BCUT2D eigenvalue weighted by atomic mass is 10.1. The molecule has 0 saturated carbocycles. The van der Waals surface area contributed by atoms with Crippen molar-refractivity contribution in [1.82, 2.24) is 5.16 Å². The first kappa shape index (κ1) is 14.7. The Balaban J connectivity index is 2.73. The Morgan fingerprint density at radius 3 is 2.56 bits per heavy atom. The summed E-state index contributed by atoms with van der Waals surface area (Å²) in [5.41, 5.74) is 0.496. The summed E-state index contributed by atoms with van der Waals surface area (Å²) >= 11 is 0. The third kappa shape index (κ3) is 4.14. The maximum absolute atomic E-state index is 11.8. The van der Waals surface area contributed by atoms with Crippen molar-refractivity contribution in [2.45, 2.75) is 26.7 Å². The van der Waals surface area contributed by atoms with Gasteiger partial charge in [0.25, 0.3) is 0 Å². The molecule has 0 fully saturated rings. The van der Waals surface area contributed by atoms with E-state index in [1.807, 2.05) is 13.8 Å². The minimum absolute atomic E-state index is 0.0908. The molecule has 0 bridgehead atoms. The van der Waals surface area contributed by atoms with Gasteiger partial charge in [-0.3, -0.25) is 4.79 Å². The Bertz CT molecular complexity index is 519. The molecule has 18 heavy (non-hydrogen) atoms. The van der Waals surface area contributed by atoms with Gasteiger partial charge in [-0.15, -0.1) is 0 Å². The van der Waals surface area contributed by atoms with E-state index in [0.29, 0.717) is 11.4 Å². The monoisotopic (exact) mass is 274 g/mol. The number of nitrogens with one attached hydrogen (secondary N) is 1. The molecule has 0 aromatic carbocycles. The van der Waals surface area contributed by atoms with Crippen LogP contribution >= 0.6 is 0 Å². The zero-order valence-electron chi connectivity index (χ0n) is 10.9. The van der Waals surface area contributed by atoms with Crippen molar-refractivity contribution in [1.29, 1.82) is 0 Å². The summed E-state index contributed by atoms with van der Waals surface area (Å²) in [5.74, 6) is -0.482. The molecule has 102 valence electrons. The summed E-state index contributed by atoms with van der Waals surface area (Å²) in [4.78, 5) is 11.8. The molecule has 1 aromatic rings. The number of sulfone groups is 1. The smallest absolute Gasteiger partial charge is 0.228 e. The second-order valence-electron chi connectivity index (χ2n) is 4.74. The number of aromatic nitrogens is 1. The van der Waals surface area contributed by atoms with Gasteiger partial charge in [0, 0.05) is 18.1 Å². The Kier molecular flexibility index (Phi) is 4.50. The molecule has 0 aliphatic carbocycles. The van der Waals surface area contributed by atoms with E-state index >= 15 is 0 Å². The standard InChI is InChI=1S/C11H18N2O4S/c1-7(2)10-9(5-12-17-10)13-11(14)8(3)6-18(4,15)16/h5,7-8H,6H2,1-4H3,(H,13,14). The summed E-state index contributed by atoms with van der Waals surface area (Å²) in [7, 11) is -3.17. The highest BCUT2D eigenvalue weighted by Crippen LogP contribution is 2.23. The second kappa shape index (κ2) is 5.51. The lowest BCUT2D eigenvalue weighted by Crippen LogP contribution is -2.26. The molecule has 1 N–H and O–H groups in total. The molecule has 0 saturated heterocycles. The highest BCUT2D eigenvalue weighted by atomic mass is 32.2. The van der Waals surface area contributed by atoms with E-state index in [2.05, 4.69) is 10.5 Å². The normalized spacial score (nSPS) is 13.6. The molecule has 0 aliphatic heterocycles. The third-order valence-corrected chi connectivity index (χ3v) is 3.49. The van der Waals surface area contributed by atoms with Crippen LogP contribution < -0.4 is 5.32 Å². The fourth-order valence-corrected chi connectivity index (χ4v) is 2.60. The van der Waals surface area contributed by atoms with Gasteiger partial charge >= 0.3 is 0 Å². The van der Waals surface area contributed by atoms with Crippen LogP contribution in [0.15, 0.2) is 10.7 Å². The first-order valence-electron chi connectivity index (χ1n) is 5.64. The van der Waals surface area contributed by atoms with E-state index in [4.69, 9.17) is 4.52 Å². The molecule has 0 spiro atoms. The predicted octanol–water partition coefficient (Wildman–Crippen LogP) is 1.42. The van der Waals surface area contributed by atoms with Crippen LogP contribution in [0.4, 0.5) is 5.69 Å². The second-order valence-corrected chi connectivity index (χ2v) is 6.93. The number of carbonyl (C=O) groups excluding carboxylic acids is 1. The van der Waals surface area contributed by atoms with Crippen molar-refractivity contribution >= 4 is 21.4 Å². The van der Waals surface area contributed by atoms with Crippen LogP contribution in [0.25, 0.3) is 0 Å². The van der Waals surface area contributed by atoms with Gasteiger partial charge in [0.05, 0.1) is 11.9 Å². The number of anilines is 1. The highest BCUT2D eigenvalue weighted by Gasteiger charge is 2.21. The lowest BCUT2D eigenvalue weighted by Gasteiger charge is -2.11. The number of carbonyl (C=O) groups is 1. The molecule has 1 heterocycles. The van der Waals surface area contributed by atoms with E-state index in [-0.39, 0.29) is 17.6 Å². The molecule has 0 aliphatic rings. The molecular formula is C11H18N2O4S. The molecule has 1 aromatic heterocycles. The van der Waals surface area contributed by atoms with Gasteiger partial charge in [0.2, 0.25) is 5.91 Å². The molecule has 1 atom stereocenters. The van der Waals surface area contributed by atoms with Crippen molar-refractivity contribution in [3.8, 4) is 0 Å². The Morgan fingerprint density at radius 1 is 1.44 bits per heavy atom. The largest absolute Gasteiger partial charge is 0.359 e. The minimum Gasteiger partial charge on any atom is -0.359 e. The number of rotatable bonds is 5. The van der Waals surface area contributed by atoms with Crippen molar-refractivity contribution in [3.05, 3.63) is 12.0 Å². The summed E-state index contributed by atoms with van der Waals surface area (Å²) in [6, 6.07) is 0. The van der Waals surface area contributed by atoms with E-state index < -0.39 is 15.8 Å². The fraction of sp³-hybridized carbons (Fsp3) is 0.636. The van der Waals surface area contributed by atoms with E-state index in [9.17, 15) is 13.2 Å². The van der Waals surface area contributed by atoms with Gasteiger partial charge in [-0.25, -0.2) is 8.42 Å². The number of hydrogen-bond donors (Lipinski definition) is 1. The average Bonchev–Trinajstić information content (AvgIpc) is 2.62. The Labute approximate surface area is 107 Å². The quantitative estimate of drug-likeness (QED) is 0.877. The molecule has 0 radical (unpaired) electrons. The van der Waals surface area contributed by atoms with Crippen LogP contribution in [-0.2, 0) is 14.6 Å². The lowest BCUT2D eigenvalue weighted by molar-refractivity contribution is -0.118. The van der Waals surface area contributed by atoms with E-state index in [0.717, 1.165) is 6.26 Å². The Hall–Kier alpha value is -1.37. The molecule has 6 nitrogen and oxygen atoms in total. The number of hydrogen-bond acceptors (Lipinski definition) is 5. The minimum atomic E-state index is -3.17. The first-order chi connectivity index (χ1) is 8.20. The van der Waals surface area contributed by atoms with E-state index in [1.165, 1.54) is 6.20 Å². The van der Waals surface area contributed by atoms with Crippen LogP contribution in [-0.4, -0.2) is 31.5 Å². The average molecular weight is 274 g/mol. The maximum atomic E-state index is 11.8. The predicted molar refractivity (Wildman–Crippen MR) is 68.1 cm³/mol. The zero-order chi connectivity index (χ0) is 13.9. The van der Waals surface area contributed by atoms with Crippen LogP contribution in [0.3, 0.4) is 0 Å². The van der Waals surface area contributed by atoms with Crippen LogP contribution in [0.1, 0.15) is 32.4 Å². The highest BCUT2D eigenvalue weighted by molar-refractivity contribution is 7.90. The van der Waals surface area contributed by atoms with Crippen molar-refractivity contribution < 1.29 is 17.7 Å². The molecule has 1 amide bonds. The summed E-state index contributed by atoms with van der Waals surface area (Å²) in [5, 5.41) is 6.26. The third-order valence-electron chi connectivity index (χ3n) is 2.38. The first-order valence-corrected chi connectivity index (χ1v) is 7.70. The van der Waals surface area contributed by atoms with Gasteiger partial charge in [0.15, 0.2) is 5.76 Å². The Morgan fingerprint density at radius 2 is 2.06 bits per heavy atom. The van der Waals surface area contributed by atoms with Gasteiger partial charge in [-0.05, 0) is 0 Å². The maximum Gasteiger partial charge on any atom is 0.228 e. The molecule has 1 unspecified atom stereocenters. The van der Waals surface area contributed by atoms with Crippen LogP contribution in [0, 0.1) is 5.92 Å². The zero-order valence-corrected chi connectivity index (χ0v) is 11.7. The summed E-state index contributed by atoms with van der Waals surface area (Å²) < 4.78 is 27.3. The molecular weight excluding hydrogens is 256 g/mol. The topological polar surface area (TPSA) is 89.3 Å². The summed E-state index contributed by atoms with van der Waals surface area (Å²) in [6.45, 7) is 5.39. The fourth-order valence-electron chi connectivity index (χ4n) is 1.54. The van der Waals surface area contributed by atoms with Crippen LogP contribution in [0.5, 0.6) is 0 Å². The van der Waals surface area contributed by atoms with Gasteiger partial charge in [-0.1, -0.05) is 25.9 Å². The molecule has 1 rings (SSSR count). The van der Waals surface area contributed by atoms with Gasteiger partial charge in [0.1, 0.15) is 15.5 Å². The van der Waals surface area contributed by atoms with E-state index in [1.54, 1.807) is 6.92 Å². The SMILES string of the molecule is CC(CS(C)(=O)=O)C(=O)Nc1cnoc1C(C)C. The number of amides is 1. The molecule has 7 heteroatoms. The summed E-state index contributed by atoms with van der Waals surface area (Å²) in [6.07, 6.45) is 2.52. The van der Waals surface area contributed by atoms with Crippen molar-refractivity contribution in [3.63, 3.8) is 0 Å². The van der Waals surface area contributed by atoms with Crippen molar-refractivity contribution in [2.75, 3.05) is 17.3 Å².